The van der Waals surface area contributed by atoms with Crippen molar-refractivity contribution in [2.75, 3.05) is 11.9 Å². The number of fused-ring (bicyclic) bond motifs is 3. The average molecular weight is 430 g/mol. The number of hydrogen-bond donors (Lipinski definition) is 1. The van der Waals surface area contributed by atoms with E-state index in [4.69, 9.17) is 9.47 Å². The van der Waals surface area contributed by atoms with Crippen molar-refractivity contribution in [1.29, 1.82) is 0 Å². The summed E-state index contributed by atoms with van der Waals surface area (Å²) in [4.78, 5) is 27.5. The van der Waals surface area contributed by atoms with E-state index in [1.165, 1.54) is 11.1 Å². The fourth-order valence-corrected chi connectivity index (χ4v) is 4.42. The van der Waals surface area contributed by atoms with E-state index in [-0.39, 0.29) is 12.6 Å². The van der Waals surface area contributed by atoms with E-state index in [1.54, 1.807) is 23.5 Å². The number of rotatable bonds is 4. The van der Waals surface area contributed by atoms with Crippen molar-refractivity contribution in [1.82, 2.24) is 24.4 Å². The molecular formula is C23H22N6O3. The first-order chi connectivity index (χ1) is 15.7. The summed E-state index contributed by atoms with van der Waals surface area (Å²) in [6.45, 7) is 1.28. The Balaban J connectivity index is 1.05. The monoisotopic (exact) mass is 430 g/mol. The molecule has 0 saturated carbocycles. The summed E-state index contributed by atoms with van der Waals surface area (Å²) in [5, 5.41) is 3.45. The summed E-state index contributed by atoms with van der Waals surface area (Å²) in [6.07, 6.45) is 8.66. The van der Waals surface area contributed by atoms with Gasteiger partial charge in [0.05, 0.1) is 25.0 Å². The third kappa shape index (κ3) is 3.55. The molecule has 9 nitrogen and oxygen atoms in total. The summed E-state index contributed by atoms with van der Waals surface area (Å²) >= 11 is 0. The molecular weight excluding hydrogens is 408 g/mol. The summed E-state index contributed by atoms with van der Waals surface area (Å²) in [6, 6.07) is 8.78. The third-order valence-corrected chi connectivity index (χ3v) is 6.05. The van der Waals surface area contributed by atoms with Crippen LogP contribution in [0.4, 0.5) is 10.7 Å². The fraction of sp³-hybridized carbons (Fsp3) is 0.304. The zero-order valence-corrected chi connectivity index (χ0v) is 17.4. The molecule has 0 spiro atoms. The molecule has 3 aromatic rings. The minimum absolute atomic E-state index is 0.0734. The van der Waals surface area contributed by atoms with E-state index in [0.29, 0.717) is 31.4 Å². The van der Waals surface area contributed by atoms with Crippen molar-refractivity contribution in [3.8, 4) is 0 Å². The van der Waals surface area contributed by atoms with Gasteiger partial charge in [-0.1, -0.05) is 24.3 Å². The van der Waals surface area contributed by atoms with E-state index < -0.39 is 6.09 Å². The van der Waals surface area contributed by atoms with Crippen LogP contribution >= 0.6 is 0 Å². The lowest BCUT2D eigenvalue weighted by Crippen LogP contribution is -2.27. The second-order valence-electron chi connectivity index (χ2n) is 8.23. The summed E-state index contributed by atoms with van der Waals surface area (Å²) in [7, 11) is 0. The van der Waals surface area contributed by atoms with Crippen molar-refractivity contribution in [2.24, 2.45) is 0 Å². The molecule has 0 radical (unpaired) electrons. The Morgan fingerprint density at radius 3 is 2.84 bits per heavy atom. The number of carbonyl (C=O) groups is 1. The van der Waals surface area contributed by atoms with Gasteiger partial charge in [0.1, 0.15) is 6.61 Å². The number of hydrogen-bond acceptors (Lipinski definition) is 7. The quantitative estimate of drug-likeness (QED) is 0.680. The van der Waals surface area contributed by atoms with Crippen LogP contribution in [-0.2, 0) is 42.0 Å². The Bertz CT molecular complexity index is 1190. The number of amides is 1. The van der Waals surface area contributed by atoms with E-state index in [9.17, 15) is 4.79 Å². The second kappa shape index (κ2) is 7.67. The van der Waals surface area contributed by atoms with Crippen molar-refractivity contribution in [3.05, 3.63) is 76.8 Å². The van der Waals surface area contributed by atoms with E-state index in [0.717, 1.165) is 29.9 Å². The molecule has 9 heteroatoms. The number of anilines is 1. The molecule has 1 aromatic carbocycles. The predicted octanol–water partition coefficient (Wildman–Crippen LogP) is 2.73. The lowest BCUT2D eigenvalue weighted by atomic mass is 10.1. The SMILES string of the molecule is O=C(OCC1=Cn2ccnc2CO1)N1Cc2cnc(NC3Cc4ccccc4C3)nc2C1. The largest absolute Gasteiger partial charge is 0.485 e. The third-order valence-electron chi connectivity index (χ3n) is 6.05. The van der Waals surface area contributed by atoms with Gasteiger partial charge in [0.15, 0.2) is 18.2 Å². The zero-order valence-electron chi connectivity index (χ0n) is 17.4. The first-order valence-corrected chi connectivity index (χ1v) is 10.7. The Labute approximate surface area is 184 Å². The first kappa shape index (κ1) is 18.9. The highest BCUT2D eigenvalue weighted by Crippen LogP contribution is 2.26. The molecule has 4 heterocycles. The lowest BCUT2D eigenvalue weighted by molar-refractivity contribution is 0.0817. The Kier molecular flexibility index (Phi) is 4.52. The standard InChI is InChI=1S/C23H22N6O3/c30-23(32-13-19-11-28-6-5-24-21(28)14-31-19)29-10-17-9-25-22(27-20(17)12-29)26-18-7-15-3-1-2-4-16(15)8-18/h1-6,9,11,18H,7-8,10,12-14H2,(H,25,26,27). The van der Waals surface area contributed by atoms with Gasteiger partial charge in [0.25, 0.3) is 0 Å². The van der Waals surface area contributed by atoms with E-state index >= 15 is 0 Å². The van der Waals surface area contributed by atoms with Crippen LogP contribution in [0, 0.1) is 0 Å². The molecule has 0 unspecified atom stereocenters. The van der Waals surface area contributed by atoms with Gasteiger partial charge in [-0.15, -0.1) is 0 Å². The lowest BCUT2D eigenvalue weighted by Gasteiger charge is -2.19. The molecule has 162 valence electrons. The predicted molar refractivity (Wildman–Crippen MR) is 115 cm³/mol. The van der Waals surface area contributed by atoms with Gasteiger partial charge in [0, 0.05) is 30.2 Å². The molecule has 32 heavy (non-hydrogen) atoms. The Morgan fingerprint density at radius 2 is 2.00 bits per heavy atom. The van der Waals surface area contributed by atoms with Gasteiger partial charge in [-0.05, 0) is 24.0 Å². The number of aromatic nitrogens is 4. The molecule has 3 aliphatic rings. The highest BCUT2D eigenvalue weighted by Gasteiger charge is 2.28. The van der Waals surface area contributed by atoms with E-state index in [2.05, 4.69) is 44.5 Å². The van der Waals surface area contributed by atoms with Gasteiger partial charge < -0.3 is 19.4 Å². The number of imidazole rings is 1. The normalized spacial score (nSPS) is 16.6. The minimum Gasteiger partial charge on any atom is -0.485 e. The Morgan fingerprint density at radius 1 is 1.16 bits per heavy atom. The minimum atomic E-state index is -0.398. The molecule has 1 amide bonds. The van der Waals surface area contributed by atoms with Crippen LogP contribution in [0.3, 0.4) is 0 Å². The van der Waals surface area contributed by atoms with Gasteiger partial charge in [0.2, 0.25) is 5.95 Å². The summed E-state index contributed by atoms with van der Waals surface area (Å²) in [5.74, 6) is 2.01. The maximum absolute atomic E-state index is 12.6. The highest BCUT2D eigenvalue weighted by atomic mass is 16.6. The van der Waals surface area contributed by atoms with Crippen LogP contribution < -0.4 is 5.32 Å². The molecule has 0 fully saturated rings. The zero-order chi connectivity index (χ0) is 21.5. The maximum atomic E-state index is 12.6. The molecule has 0 atom stereocenters. The summed E-state index contributed by atoms with van der Waals surface area (Å²) < 4.78 is 12.9. The van der Waals surface area contributed by atoms with Gasteiger partial charge >= 0.3 is 6.09 Å². The van der Waals surface area contributed by atoms with Crippen LogP contribution in [0.15, 0.2) is 48.6 Å². The smallest absolute Gasteiger partial charge is 0.410 e. The molecule has 2 aromatic heterocycles. The molecule has 1 N–H and O–H groups in total. The number of nitrogens with zero attached hydrogens (tertiary/aromatic N) is 5. The maximum Gasteiger partial charge on any atom is 0.410 e. The highest BCUT2D eigenvalue weighted by molar-refractivity contribution is 5.69. The average Bonchev–Trinajstić information content (AvgIpc) is 3.53. The van der Waals surface area contributed by atoms with Gasteiger partial charge in [-0.2, -0.15) is 0 Å². The van der Waals surface area contributed by atoms with Crippen LogP contribution in [0.1, 0.15) is 28.2 Å². The van der Waals surface area contributed by atoms with Crippen molar-refractivity contribution >= 4 is 18.2 Å². The van der Waals surface area contributed by atoms with Gasteiger partial charge in [-0.3, -0.25) is 4.90 Å². The van der Waals surface area contributed by atoms with Crippen molar-refractivity contribution in [2.45, 2.75) is 38.6 Å². The van der Waals surface area contributed by atoms with Gasteiger partial charge in [-0.25, -0.2) is 19.7 Å². The fourth-order valence-electron chi connectivity index (χ4n) is 4.42. The first-order valence-electron chi connectivity index (χ1n) is 10.7. The second-order valence-corrected chi connectivity index (χ2v) is 8.23. The van der Waals surface area contributed by atoms with E-state index in [1.807, 2.05) is 10.8 Å². The van der Waals surface area contributed by atoms with Crippen LogP contribution in [-0.4, -0.2) is 43.2 Å². The number of ether oxygens (including phenoxy) is 2. The van der Waals surface area contributed by atoms with Crippen LogP contribution in [0.25, 0.3) is 6.20 Å². The summed E-state index contributed by atoms with van der Waals surface area (Å²) in [5.41, 5.74) is 4.55. The van der Waals surface area contributed by atoms with Crippen LogP contribution in [0.2, 0.25) is 0 Å². The molecule has 0 bridgehead atoms. The molecule has 1 aliphatic carbocycles. The molecule has 2 aliphatic heterocycles. The molecule has 6 rings (SSSR count). The van der Waals surface area contributed by atoms with Crippen LogP contribution in [0.5, 0.6) is 0 Å². The number of carbonyl (C=O) groups excluding carboxylic acids is 1. The topological polar surface area (TPSA) is 94.4 Å². The number of benzene rings is 1. The van der Waals surface area contributed by atoms with Crippen molar-refractivity contribution in [3.63, 3.8) is 0 Å². The molecule has 0 saturated heterocycles. The Hall–Kier alpha value is -3.88. The number of nitrogens with one attached hydrogen (secondary N) is 1. The van der Waals surface area contributed by atoms with Crippen molar-refractivity contribution < 1.29 is 14.3 Å².